The van der Waals surface area contributed by atoms with Crippen molar-refractivity contribution < 1.29 is 24.2 Å². The number of ether oxygens (including phenoxy) is 2. The first-order valence-corrected chi connectivity index (χ1v) is 10.5. The minimum absolute atomic E-state index is 0.0264. The molecular weight excluding hydrogens is 384 g/mol. The highest BCUT2D eigenvalue weighted by Crippen LogP contribution is 2.54. The van der Waals surface area contributed by atoms with Crippen molar-refractivity contribution in [3.8, 4) is 0 Å². The molecule has 3 aliphatic rings. The van der Waals surface area contributed by atoms with Gasteiger partial charge in [-0.25, -0.2) is 0 Å². The summed E-state index contributed by atoms with van der Waals surface area (Å²) in [6, 6.07) is 8.19. The van der Waals surface area contributed by atoms with Gasteiger partial charge in [0.05, 0.1) is 18.2 Å². The summed E-state index contributed by atoms with van der Waals surface area (Å²) in [7, 11) is 2.98. The summed E-state index contributed by atoms with van der Waals surface area (Å²) >= 11 is 0. The van der Waals surface area contributed by atoms with Gasteiger partial charge in [0.15, 0.2) is 0 Å². The van der Waals surface area contributed by atoms with Gasteiger partial charge in [0.1, 0.15) is 13.2 Å². The Balaban J connectivity index is 1.60. The molecule has 7 nitrogen and oxygen atoms in total. The van der Waals surface area contributed by atoms with Crippen LogP contribution in [0.3, 0.4) is 0 Å². The van der Waals surface area contributed by atoms with Gasteiger partial charge in [-0.2, -0.15) is 0 Å². The highest BCUT2D eigenvalue weighted by Gasteiger charge is 2.67. The molecular formula is C23H30N2O5. The van der Waals surface area contributed by atoms with Crippen LogP contribution in [0.15, 0.2) is 30.3 Å². The van der Waals surface area contributed by atoms with Gasteiger partial charge in [-0.15, -0.1) is 0 Å². The van der Waals surface area contributed by atoms with E-state index >= 15 is 0 Å². The van der Waals surface area contributed by atoms with E-state index in [2.05, 4.69) is 30.3 Å². The second-order valence-electron chi connectivity index (χ2n) is 8.45. The molecule has 0 radical (unpaired) electrons. The maximum absolute atomic E-state index is 12.8. The Hall–Kier alpha value is -2.22. The molecule has 30 heavy (non-hydrogen) atoms. The van der Waals surface area contributed by atoms with Crippen molar-refractivity contribution in [2.24, 2.45) is 0 Å². The molecule has 4 rings (SSSR count). The predicted molar refractivity (Wildman–Crippen MR) is 112 cm³/mol. The Labute approximate surface area is 177 Å². The molecule has 1 spiro atoms. The van der Waals surface area contributed by atoms with Gasteiger partial charge in [-0.05, 0) is 36.0 Å². The summed E-state index contributed by atoms with van der Waals surface area (Å²) in [6.07, 6.45) is 5.75. The number of methoxy groups -OCH3 is 2. The Morgan fingerprint density at radius 3 is 2.33 bits per heavy atom. The third-order valence-electron chi connectivity index (χ3n) is 6.73. The normalized spacial score (nSPS) is 24.4. The van der Waals surface area contributed by atoms with E-state index in [4.69, 9.17) is 9.47 Å². The molecule has 0 saturated carbocycles. The van der Waals surface area contributed by atoms with Crippen LogP contribution < -0.4 is 0 Å². The average Bonchev–Trinajstić information content (AvgIpc) is 3.22. The van der Waals surface area contributed by atoms with E-state index in [-0.39, 0.29) is 43.6 Å². The predicted octanol–water partition coefficient (Wildman–Crippen LogP) is 1.41. The van der Waals surface area contributed by atoms with Crippen LogP contribution in [0.1, 0.15) is 36.3 Å². The topological polar surface area (TPSA) is 79.3 Å². The second-order valence-corrected chi connectivity index (χ2v) is 8.45. The van der Waals surface area contributed by atoms with E-state index in [9.17, 15) is 14.7 Å². The van der Waals surface area contributed by atoms with E-state index in [1.165, 1.54) is 31.8 Å². The Morgan fingerprint density at radius 2 is 1.77 bits per heavy atom. The second kappa shape index (κ2) is 8.49. The first-order chi connectivity index (χ1) is 14.6. The van der Waals surface area contributed by atoms with Crippen molar-refractivity contribution in [3.63, 3.8) is 0 Å². The van der Waals surface area contributed by atoms with Gasteiger partial charge in [-0.1, -0.05) is 30.3 Å². The largest absolute Gasteiger partial charge is 0.394 e. The first-order valence-electron chi connectivity index (χ1n) is 10.5. The molecule has 1 N–H and O–H groups in total. The van der Waals surface area contributed by atoms with Crippen LogP contribution in [0.5, 0.6) is 0 Å². The number of rotatable bonds is 7. The van der Waals surface area contributed by atoms with Crippen molar-refractivity contribution in [2.75, 3.05) is 47.1 Å². The van der Waals surface area contributed by atoms with Gasteiger partial charge in [0.2, 0.25) is 11.8 Å². The number of benzene rings is 1. The molecule has 2 fully saturated rings. The van der Waals surface area contributed by atoms with Gasteiger partial charge in [-0.3, -0.25) is 9.59 Å². The smallest absolute Gasteiger partial charge is 0.249 e. The quantitative estimate of drug-likeness (QED) is 0.730. The van der Waals surface area contributed by atoms with Crippen LogP contribution in [-0.2, 0) is 19.1 Å². The summed E-state index contributed by atoms with van der Waals surface area (Å²) < 4.78 is 10.0. The van der Waals surface area contributed by atoms with E-state index < -0.39 is 5.54 Å². The molecule has 2 saturated heterocycles. The number of allylic oxidation sites excluding steroid dienone is 2. The Kier molecular flexibility index (Phi) is 5.95. The molecule has 1 aromatic carbocycles. The highest BCUT2D eigenvalue weighted by molar-refractivity contribution is 5.84. The van der Waals surface area contributed by atoms with Gasteiger partial charge in [0.25, 0.3) is 0 Å². The number of aliphatic hydroxyl groups excluding tert-OH is 1. The molecule has 2 heterocycles. The third-order valence-corrected chi connectivity index (χ3v) is 6.73. The van der Waals surface area contributed by atoms with Crippen LogP contribution in [0.25, 0.3) is 5.57 Å². The number of aliphatic hydroxyl groups is 1. The van der Waals surface area contributed by atoms with Gasteiger partial charge in [0, 0.05) is 33.2 Å². The maximum atomic E-state index is 12.8. The lowest BCUT2D eigenvalue weighted by atomic mass is 9.60. The number of likely N-dealkylation sites (tertiary alicyclic amines) is 2. The van der Waals surface area contributed by atoms with Crippen LogP contribution in [0.4, 0.5) is 0 Å². The summed E-state index contributed by atoms with van der Waals surface area (Å²) in [5, 5.41) is 10.1. The summed E-state index contributed by atoms with van der Waals surface area (Å²) in [5.41, 5.74) is 3.22. The van der Waals surface area contributed by atoms with Crippen LogP contribution in [-0.4, -0.2) is 85.4 Å². The van der Waals surface area contributed by atoms with Crippen molar-refractivity contribution >= 4 is 17.4 Å². The molecule has 0 aromatic heterocycles. The fraction of sp³-hybridized carbons (Fsp3) is 0.565. The van der Waals surface area contributed by atoms with Crippen LogP contribution in [0, 0.1) is 0 Å². The fourth-order valence-electron chi connectivity index (χ4n) is 5.44. The highest BCUT2D eigenvalue weighted by atomic mass is 16.5. The SMILES string of the molecule is COCC(=O)N1CC2(C1)[C@@H](c1ccc(C3=CCCC3)cc1)[C@H](CO)N2C(=O)COC. The molecule has 1 aromatic rings. The molecule has 162 valence electrons. The molecule has 2 atom stereocenters. The Bertz CT molecular complexity index is 829. The fourth-order valence-corrected chi connectivity index (χ4v) is 5.44. The maximum Gasteiger partial charge on any atom is 0.249 e. The molecule has 0 unspecified atom stereocenters. The summed E-state index contributed by atoms with van der Waals surface area (Å²) in [6.45, 7) is 0.752. The molecule has 2 aliphatic heterocycles. The molecule has 0 bridgehead atoms. The van der Waals surface area contributed by atoms with Crippen LogP contribution >= 0.6 is 0 Å². The van der Waals surface area contributed by atoms with Crippen molar-refractivity contribution in [2.45, 2.75) is 36.8 Å². The third kappa shape index (κ3) is 3.35. The van der Waals surface area contributed by atoms with Crippen molar-refractivity contribution in [3.05, 3.63) is 41.5 Å². The zero-order chi connectivity index (χ0) is 21.3. The Morgan fingerprint density at radius 1 is 1.10 bits per heavy atom. The monoisotopic (exact) mass is 414 g/mol. The summed E-state index contributed by atoms with van der Waals surface area (Å²) in [4.78, 5) is 28.5. The van der Waals surface area contributed by atoms with E-state index in [0.29, 0.717) is 13.1 Å². The molecule has 7 heteroatoms. The number of nitrogens with zero attached hydrogens (tertiary/aromatic N) is 2. The minimum atomic E-state index is -0.499. The summed E-state index contributed by atoms with van der Waals surface area (Å²) in [5.74, 6) is -0.266. The average molecular weight is 415 g/mol. The lowest BCUT2D eigenvalue weighted by molar-refractivity contribution is -0.206. The minimum Gasteiger partial charge on any atom is -0.394 e. The number of hydrogen-bond donors (Lipinski definition) is 1. The number of hydrogen-bond acceptors (Lipinski definition) is 5. The lowest BCUT2D eigenvalue weighted by Gasteiger charge is -2.70. The van der Waals surface area contributed by atoms with Crippen molar-refractivity contribution in [1.82, 2.24) is 9.80 Å². The van der Waals surface area contributed by atoms with Crippen molar-refractivity contribution in [1.29, 1.82) is 0 Å². The van der Waals surface area contributed by atoms with E-state index in [1.807, 2.05) is 0 Å². The zero-order valence-corrected chi connectivity index (χ0v) is 17.7. The molecule has 2 amide bonds. The number of carbonyl (C=O) groups is 2. The zero-order valence-electron chi connectivity index (χ0n) is 17.7. The first kappa shape index (κ1) is 21.0. The lowest BCUT2D eigenvalue weighted by Crippen LogP contribution is -2.86. The van der Waals surface area contributed by atoms with Crippen LogP contribution in [0.2, 0.25) is 0 Å². The van der Waals surface area contributed by atoms with E-state index in [0.717, 1.165) is 18.4 Å². The number of amides is 2. The van der Waals surface area contributed by atoms with E-state index in [1.54, 1.807) is 9.80 Å². The van der Waals surface area contributed by atoms with Gasteiger partial charge >= 0.3 is 0 Å². The number of carbonyl (C=O) groups excluding carboxylic acids is 2. The standard InChI is InChI=1S/C23H30N2O5/c1-29-12-20(27)24-14-23(15-24)22(19(11-26)25(23)21(28)13-30-2)18-9-7-17(8-10-18)16-5-3-4-6-16/h5,7-10,19,22,26H,3-4,6,11-15H2,1-2H3/t19-,22-/m0/s1. The van der Waals surface area contributed by atoms with Gasteiger partial charge < -0.3 is 24.4 Å². The molecule has 1 aliphatic carbocycles.